The van der Waals surface area contributed by atoms with Crippen molar-refractivity contribution in [3.8, 4) is 0 Å². The number of halogens is 1. The first kappa shape index (κ1) is 27.0. The predicted octanol–water partition coefficient (Wildman–Crippen LogP) is 5.33. The summed E-state index contributed by atoms with van der Waals surface area (Å²) in [5.41, 5.74) is 0.319. The van der Waals surface area contributed by atoms with Crippen LogP contribution in [0.5, 0.6) is 0 Å². The van der Waals surface area contributed by atoms with Crippen molar-refractivity contribution >= 4 is 39.3 Å². The van der Waals surface area contributed by atoms with Crippen molar-refractivity contribution in [3.05, 3.63) is 59.1 Å². The highest BCUT2D eigenvalue weighted by Crippen LogP contribution is 2.35. The van der Waals surface area contributed by atoms with Crippen molar-refractivity contribution in [2.45, 2.75) is 51.0 Å². The molecule has 3 rings (SSSR count). The van der Waals surface area contributed by atoms with Gasteiger partial charge in [-0.25, -0.2) is 18.0 Å². The number of carbonyl (C=O) groups excluding carboxylic acids is 2. The molecule has 190 valence electrons. The minimum Gasteiger partial charge on any atom is -0.460 e. The van der Waals surface area contributed by atoms with Gasteiger partial charge < -0.3 is 9.47 Å². The van der Waals surface area contributed by atoms with Gasteiger partial charge in [-0.15, -0.1) is 0 Å². The van der Waals surface area contributed by atoms with Crippen molar-refractivity contribution in [2.24, 2.45) is 17.8 Å². The maximum Gasteiger partial charge on any atom is 0.344 e. The molecule has 7 nitrogen and oxygen atoms in total. The standard InChI is InChI=1S/C26H32ClNO6S/c1-17(2)21-12-10-18(3)14-24(21)34-25(29)16-33-26(30)22-15-20(11-13-23(22)27)35(31,32)28(4)19-8-6-5-7-9-19/h5-9,11,13,15,17-18,21,24H,10,12,14,16H2,1-4H3/t18-,21+,24-/m0/s1. The lowest BCUT2D eigenvalue weighted by molar-refractivity contribution is -0.159. The van der Waals surface area contributed by atoms with Crippen LogP contribution in [-0.2, 0) is 24.3 Å². The molecule has 35 heavy (non-hydrogen) atoms. The normalized spacial score (nSPS) is 20.3. The number of rotatable bonds is 8. The maximum atomic E-state index is 13.1. The third-order valence-corrected chi connectivity index (χ3v) is 8.61. The van der Waals surface area contributed by atoms with Crippen LogP contribution in [-0.4, -0.2) is 40.1 Å². The molecule has 2 aromatic rings. The second-order valence-electron chi connectivity index (χ2n) is 9.38. The van der Waals surface area contributed by atoms with Crippen LogP contribution in [0.3, 0.4) is 0 Å². The Bertz CT molecular complexity index is 1150. The van der Waals surface area contributed by atoms with Gasteiger partial charge in [-0.1, -0.05) is 57.0 Å². The van der Waals surface area contributed by atoms with Crippen LogP contribution in [0.4, 0.5) is 5.69 Å². The molecule has 0 aromatic heterocycles. The highest BCUT2D eigenvalue weighted by atomic mass is 35.5. The Balaban J connectivity index is 1.68. The number of para-hydroxylation sites is 1. The van der Waals surface area contributed by atoms with Crippen molar-refractivity contribution in [3.63, 3.8) is 0 Å². The van der Waals surface area contributed by atoms with Crippen LogP contribution < -0.4 is 4.31 Å². The SMILES string of the molecule is CC(C)[C@H]1CC[C@H](C)C[C@@H]1OC(=O)COC(=O)c1cc(S(=O)(=O)N(C)c2ccccc2)ccc1Cl. The molecule has 9 heteroatoms. The van der Waals surface area contributed by atoms with Crippen LogP contribution in [0.2, 0.25) is 5.02 Å². The van der Waals surface area contributed by atoms with E-state index in [0.29, 0.717) is 17.5 Å². The largest absolute Gasteiger partial charge is 0.460 e. The van der Waals surface area contributed by atoms with E-state index in [1.54, 1.807) is 30.3 Å². The van der Waals surface area contributed by atoms with E-state index in [2.05, 4.69) is 20.8 Å². The number of hydrogen-bond donors (Lipinski definition) is 0. The molecule has 1 aliphatic carbocycles. The summed E-state index contributed by atoms with van der Waals surface area (Å²) in [7, 11) is -2.54. The topological polar surface area (TPSA) is 90.0 Å². The summed E-state index contributed by atoms with van der Waals surface area (Å²) in [6.45, 7) is 5.78. The molecule has 0 radical (unpaired) electrons. The van der Waals surface area contributed by atoms with Crippen LogP contribution in [0.25, 0.3) is 0 Å². The second kappa shape index (κ2) is 11.4. The van der Waals surface area contributed by atoms with Gasteiger partial charge in [0.15, 0.2) is 6.61 Å². The molecule has 2 aromatic carbocycles. The van der Waals surface area contributed by atoms with Gasteiger partial charge in [0.1, 0.15) is 6.10 Å². The van der Waals surface area contributed by atoms with E-state index in [0.717, 1.165) is 29.6 Å². The molecule has 0 unspecified atom stereocenters. The van der Waals surface area contributed by atoms with E-state index in [9.17, 15) is 18.0 Å². The Morgan fingerprint density at radius 1 is 1.11 bits per heavy atom. The van der Waals surface area contributed by atoms with Gasteiger partial charge in [-0.3, -0.25) is 4.31 Å². The minimum atomic E-state index is -3.96. The number of hydrogen-bond acceptors (Lipinski definition) is 6. The summed E-state index contributed by atoms with van der Waals surface area (Å²) in [5, 5.41) is 0.0191. The lowest BCUT2D eigenvalue weighted by Crippen LogP contribution is -2.36. The fraction of sp³-hybridized carbons (Fsp3) is 0.462. The molecule has 1 fully saturated rings. The Morgan fingerprint density at radius 2 is 1.80 bits per heavy atom. The summed E-state index contributed by atoms with van der Waals surface area (Å²) in [4.78, 5) is 25.0. The number of ether oxygens (including phenoxy) is 2. The molecule has 0 heterocycles. The van der Waals surface area contributed by atoms with Crippen LogP contribution in [0.15, 0.2) is 53.4 Å². The fourth-order valence-corrected chi connectivity index (χ4v) is 5.83. The van der Waals surface area contributed by atoms with E-state index in [4.69, 9.17) is 21.1 Å². The highest BCUT2D eigenvalue weighted by molar-refractivity contribution is 7.92. The lowest BCUT2D eigenvalue weighted by atomic mass is 9.75. The third kappa shape index (κ3) is 6.55. The summed E-state index contributed by atoms with van der Waals surface area (Å²) >= 11 is 6.15. The Labute approximate surface area is 212 Å². The first-order chi connectivity index (χ1) is 16.5. The summed E-state index contributed by atoms with van der Waals surface area (Å²) in [5.74, 6) is -0.428. The Hall–Kier alpha value is -2.58. The smallest absolute Gasteiger partial charge is 0.344 e. The van der Waals surface area contributed by atoms with Crippen LogP contribution >= 0.6 is 11.6 Å². The van der Waals surface area contributed by atoms with E-state index in [-0.39, 0.29) is 27.5 Å². The highest BCUT2D eigenvalue weighted by Gasteiger charge is 2.33. The van der Waals surface area contributed by atoms with Crippen LogP contribution in [0.1, 0.15) is 50.4 Å². The molecule has 3 atom stereocenters. The molecule has 1 aliphatic rings. The van der Waals surface area contributed by atoms with Gasteiger partial charge >= 0.3 is 11.9 Å². The van der Waals surface area contributed by atoms with Gasteiger partial charge in [0.2, 0.25) is 0 Å². The third-order valence-electron chi connectivity index (χ3n) is 6.50. The van der Waals surface area contributed by atoms with Gasteiger partial charge in [0.05, 0.1) is 21.2 Å². The molecular formula is C26H32ClNO6S. The fourth-order valence-electron chi connectivity index (χ4n) is 4.41. The monoisotopic (exact) mass is 521 g/mol. The van der Waals surface area contributed by atoms with E-state index < -0.39 is 28.6 Å². The number of nitrogens with zero attached hydrogens (tertiary/aromatic N) is 1. The van der Waals surface area contributed by atoms with Gasteiger partial charge in [-0.05, 0) is 60.9 Å². The first-order valence-corrected chi connectivity index (χ1v) is 13.5. The van der Waals surface area contributed by atoms with Gasteiger partial charge in [0, 0.05) is 7.05 Å². The van der Waals surface area contributed by atoms with Gasteiger partial charge in [-0.2, -0.15) is 0 Å². The molecule has 0 bridgehead atoms. The lowest BCUT2D eigenvalue weighted by Gasteiger charge is -2.36. The average Bonchev–Trinajstić information content (AvgIpc) is 2.82. The van der Waals surface area contributed by atoms with Crippen molar-refractivity contribution in [1.82, 2.24) is 0 Å². The average molecular weight is 522 g/mol. The van der Waals surface area contributed by atoms with Crippen LogP contribution in [0, 0.1) is 17.8 Å². The van der Waals surface area contributed by atoms with Crippen molar-refractivity contribution in [2.75, 3.05) is 18.0 Å². The second-order valence-corrected chi connectivity index (χ2v) is 11.8. The Kier molecular flexibility index (Phi) is 8.83. The quantitative estimate of drug-likeness (QED) is 0.436. The molecule has 0 spiro atoms. The molecular weight excluding hydrogens is 490 g/mol. The number of carbonyl (C=O) groups is 2. The number of esters is 2. The predicted molar refractivity (Wildman–Crippen MR) is 135 cm³/mol. The number of sulfonamides is 1. The number of anilines is 1. The summed E-state index contributed by atoms with van der Waals surface area (Å²) in [6.07, 6.45) is 2.66. The van der Waals surface area contributed by atoms with Crippen molar-refractivity contribution in [1.29, 1.82) is 0 Å². The summed E-state index contributed by atoms with van der Waals surface area (Å²) in [6, 6.07) is 12.3. The van der Waals surface area contributed by atoms with E-state index >= 15 is 0 Å². The zero-order valence-corrected chi connectivity index (χ0v) is 22.0. The van der Waals surface area contributed by atoms with Crippen molar-refractivity contribution < 1.29 is 27.5 Å². The van der Waals surface area contributed by atoms with Gasteiger partial charge in [0.25, 0.3) is 10.0 Å². The zero-order valence-electron chi connectivity index (χ0n) is 20.4. The van der Waals surface area contributed by atoms with E-state index in [1.165, 1.54) is 19.2 Å². The summed E-state index contributed by atoms with van der Waals surface area (Å²) < 4.78 is 38.1. The molecule has 1 saturated carbocycles. The zero-order chi connectivity index (χ0) is 25.8. The minimum absolute atomic E-state index is 0.0191. The molecule has 0 N–H and O–H groups in total. The maximum absolute atomic E-state index is 13.1. The Morgan fingerprint density at radius 3 is 2.46 bits per heavy atom. The molecule has 0 amide bonds. The first-order valence-electron chi connectivity index (χ1n) is 11.7. The molecule has 0 aliphatic heterocycles. The number of benzene rings is 2. The van der Waals surface area contributed by atoms with E-state index in [1.807, 2.05) is 0 Å². The molecule has 0 saturated heterocycles.